The third-order valence-electron chi connectivity index (χ3n) is 3.21. The lowest BCUT2D eigenvalue weighted by Crippen LogP contribution is -2.32. The lowest BCUT2D eigenvalue weighted by molar-refractivity contribution is 0.0732. The molecule has 1 aromatic heterocycles. The number of rotatable bonds is 1. The van der Waals surface area contributed by atoms with Gasteiger partial charge in [0.2, 0.25) is 5.95 Å². The SMILES string of the molecule is O=C(c1ccnc(F)c1)N1CCOc2ccccc2C1. The van der Waals surface area contributed by atoms with Crippen molar-refractivity contribution in [1.29, 1.82) is 0 Å². The lowest BCUT2D eigenvalue weighted by atomic mass is 10.1. The van der Waals surface area contributed by atoms with Crippen LogP contribution in [0, 0.1) is 5.95 Å². The molecule has 2 heterocycles. The molecule has 1 aromatic carbocycles. The van der Waals surface area contributed by atoms with Crippen molar-refractivity contribution < 1.29 is 13.9 Å². The summed E-state index contributed by atoms with van der Waals surface area (Å²) in [4.78, 5) is 17.5. The number of halogens is 1. The largest absolute Gasteiger partial charge is 0.491 e. The maximum atomic E-state index is 13.1. The van der Waals surface area contributed by atoms with Gasteiger partial charge in [0.15, 0.2) is 0 Å². The van der Waals surface area contributed by atoms with E-state index in [2.05, 4.69) is 4.98 Å². The molecule has 4 nitrogen and oxygen atoms in total. The first kappa shape index (κ1) is 12.6. The van der Waals surface area contributed by atoms with E-state index in [9.17, 15) is 9.18 Å². The summed E-state index contributed by atoms with van der Waals surface area (Å²) in [5.41, 5.74) is 1.25. The van der Waals surface area contributed by atoms with Gasteiger partial charge in [0, 0.05) is 29.9 Å². The van der Waals surface area contributed by atoms with E-state index < -0.39 is 5.95 Å². The first-order valence-electron chi connectivity index (χ1n) is 6.35. The summed E-state index contributed by atoms with van der Waals surface area (Å²) >= 11 is 0. The molecule has 20 heavy (non-hydrogen) atoms. The Hall–Kier alpha value is -2.43. The summed E-state index contributed by atoms with van der Waals surface area (Å²) in [5, 5.41) is 0. The van der Waals surface area contributed by atoms with Crippen LogP contribution >= 0.6 is 0 Å². The molecule has 3 rings (SSSR count). The Morgan fingerprint density at radius 1 is 1.30 bits per heavy atom. The molecule has 0 atom stereocenters. The number of nitrogens with zero attached hydrogens (tertiary/aromatic N) is 2. The fourth-order valence-corrected chi connectivity index (χ4v) is 2.22. The van der Waals surface area contributed by atoms with Crippen molar-refractivity contribution in [2.45, 2.75) is 6.54 Å². The summed E-state index contributed by atoms with van der Waals surface area (Å²) in [5.74, 6) is -0.0716. The van der Waals surface area contributed by atoms with Crippen LogP contribution in [-0.4, -0.2) is 28.9 Å². The first-order chi connectivity index (χ1) is 9.74. The quantitative estimate of drug-likeness (QED) is 0.748. The number of hydrogen-bond donors (Lipinski definition) is 0. The van der Waals surface area contributed by atoms with Crippen molar-refractivity contribution in [3.63, 3.8) is 0 Å². The fraction of sp³-hybridized carbons (Fsp3) is 0.200. The highest BCUT2D eigenvalue weighted by atomic mass is 19.1. The van der Waals surface area contributed by atoms with Crippen molar-refractivity contribution in [1.82, 2.24) is 9.88 Å². The molecule has 1 aliphatic rings. The zero-order chi connectivity index (χ0) is 13.9. The van der Waals surface area contributed by atoms with Crippen molar-refractivity contribution in [3.8, 4) is 5.75 Å². The molecule has 0 fully saturated rings. The molecule has 1 aliphatic heterocycles. The summed E-state index contributed by atoms with van der Waals surface area (Å²) in [6.45, 7) is 1.35. The van der Waals surface area contributed by atoms with Crippen molar-refractivity contribution >= 4 is 5.91 Å². The molecule has 5 heteroatoms. The third kappa shape index (κ3) is 2.47. The Morgan fingerprint density at radius 2 is 2.15 bits per heavy atom. The Labute approximate surface area is 115 Å². The average Bonchev–Trinajstić information content (AvgIpc) is 2.68. The van der Waals surface area contributed by atoms with Crippen molar-refractivity contribution in [2.75, 3.05) is 13.2 Å². The Kier molecular flexibility index (Phi) is 3.33. The molecule has 0 radical (unpaired) electrons. The number of para-hydroxylation sites is 1. The minimum absolute atomic E-state index is 0.216. The van der Waals surface area contributed by atoms with Gasteiger partial charge in [0.25, 0.3) is 5.91 Å². The summed E-state index contributed by atoms with van der Waals surface area (Å²) in [7, 11) is 0. The van der Waals surface area contributed by atoms with Crippen molar-refractivity contribution in [2.24, 2.45) is 0 Å². The van der Waals surface area contributed by atoms with Crippen LogP contribution in [0.3, 0.4) is 0 Å². The minimum Gasteiger partial charge on any atom is -0.491 e. The van der Waals surface area contributed by atoms with Gasteiger partial charge in [-0.15, -0.1) is 0 Å². The molecule has 0 bridgehead atoms. The van der Waals surface area contributed by atoms with Crippen LogP contribution in [0.5, 0.6) is 5.75 Å². The van der Waals surface area contributed by atoms with Gasteiger partial charge >= 0.3 is 0 Å². The second kappa shape index (κ2) is 5.28. The van der Waals surface area contributed by atoms with E-state index in [1.807, 2.05) is 24.3 Å². The van der Waals surface area contributed by atoms with Gasteiger partial charge in [-0.25, -0.2) is 4.98 Å². The van der Waals surface area contributed by atoms with E-state index in [1.54, 1.807) is 4.90 Å². The van der Waals surface area contributed by atoms with Crippen LogP contribution < -0.4 is 4.74 Å². The minimum atomic E-state index is -0.651. The summed E-state index contributed by atoms with van der Waals surface area (Å²) in [6, 6.07) is 10.3. The Bertz CT molecular complexity index is 645. The maximum absolute atomic E-state index is 13.1. The predicted octanol–water partition coefficient (Wildman–Crippen LogP) is 2.26. The molecule has 0 aliphatic carbocycles. The second-order valence-electron chi connectivity index (χ2n) is 4.55. The molecule has 2 aromatic rings. The molecule has 0 N–H and O–H groups in total. The van der Waals surface area contributed by atoms with Crippen molar-refractivity contribution in [3.05, 3.63) is 59.7 Å². The number of ether oxygens (including phenoxy) is 1. The number of fused-ring (bicyclic) bond motifs is 1. The molecule has 0 saturated heterocycles. The number of carbonyl (C=O) groups excluding carboxylic acids is 1. The van der Waals surface area contributed by atoms with Gasteiger partial charge in [-0.05, 0) is 12.1 Å². The topological polar surface area (TPSA) is 42.4 Å². The molecular formula is C15H13FN2O2. The molecule has 1 amide bonds. The number of aromatic nitrogens is 1. The number of benzene rings is 1. The van der Waals surface area contributed by atoms with E-state index in [1.165, 1.54) is 12.3 Å². The van der Waals surface area contributed by atoms with Gasteiger partial charge < -0.3 is 9.64 Å². The number of hydrogen-bond acceptors (Lipinski definition) is 3. The van der Waals surface area contributed by atoms with Gasteiger partial charge in [0.1, 0.15) is 12.4 Å². The monoisotopic (exact) mass is 272 g/mol. The van der Waals surface area contributed by atoms with Crippen LogP contribution in [0.1, 0.15) is 15.9 Å². The van der Waals surface area contributed by atoms with Crippen LogP contribution in [0.15, 0.2) is 42.6 Å². The number of amides is 1. The molecule has 0 unspecified atom stereocenters. The lowest BCUT2D eigenvalue weighted by Gasteiger charge is -2.19. The van der Waals surface area contributed by atoms with Gasteiger partial charge in [0.05, 0.1) is 6.54 Å². The van der Waals surface area contributed by atoms with E-state index >= 15 is 0 Å². The maximum Gasteiger partial charge on any atom is 0.254 e. The van der Waals surface area contributed by atoms with Crippen LogP contribution in [0.25, 0.3) is 0 Å². The molecule has 102 valence electrons. The normalized spacial score (nSPS) is 14.2. The highest BCUT2D eigenvalue weighted by Gasteiger charge is 2.21. The fourth-order valence-electron chi connectivity index (χ4n) is 2.22. The van der Waals surface area contributed by atoms with Gasteiger partial charge in [-0.3, -0.25) is 4.79 Å². The highest BCUT2D eigenvalue weighted by molar-refractivity contribution is 5.94. The molecular weight excluding hydrogens is 259 g/mol. The zero-order valence-electron chi connectivity index (χ0n) is 10.8. The average molecular weight is 272 g/mol. The first-order valence-corrected chi connectivity index (χ1v) is 6.35. The molecule has 0 spiro atoms. The number of carbonyl (C=O) groups is 1. The Balaban J connectivity index is 1.86. The second-order valence-corrected chi connectivity index (χ2v) is 4.55. The number of pyridine rings is 1. The van der Waals surface area contributed by atoms with Crippen LogP contribution in [0.4, 0.5) is 4.39 Å². The van der Waals surface area contributed by atoms with Gasteiger partial charge in [-0.2, -0.15) is 4.39 Å². The summed E-state index contributed by atoms with van der Waals surface area (Å²) in [6.07, 6.45) is 1.30. The standard InChI is InChI=1S/C15H13FN2O2/c16-14-9-11(5-6-17-14)15(19)18-7-8-20-13-4-2-1-3-12(13)10-18/h1-6,9H,7-8,10H2. The summed E-state index contributed by atoms with van der Waals surface area (Å²) < 4.78 is 18.7. The van der Waals surface area contributed by atoms with Crippen LogP contribution in [0.2, 0.25) is 0 Å². The van der Waals surface area contributed by atoms with E-state index in [-0.39, 0.29) is 5.91 Å². The smallest absolute Gasteiger partial charge is 0.254 e. The van der Waals surface area contributed by atoms with E-state index in [0.717, 1.165) is 17.4 Å². The highest BCUT2D eigenvalue weighted by Crippen LogP contribution is 2.23. The van der Waals surface area contributed by atoms with Crippen LogP contribution in [-0.2, 0) is 6.54 Å². The van der Waals surface area contributed by atoms with E-state index in [0.29, 0.717) is 25.3 Å². The van der Waals surface area contributed by atoms with E-state index in [4.69, 9.17) is 4.74 Å². The van der Waals surface area contributed by atoms with Gasteiger partial charge in [-0.1, -0.05) is 18.2 Å². The molecule has 0 saturated carbocycles. The Morgan fingerprint density at radius 3 is 3.00 bits per heavy atom. The zero-order valence-corrected chi connectivity index (χ0v) is 10.8. The third-order valence-corrected chi connectivity index (χ3v) is 3.21. The predicted molar refractivity (Wildman–Crippen MR) is 70.9 cm³/mol.